The number of aromatic nitrogens is 3. The van der Waals surface area contributed by atoms with E-state index >= 15 is 0 Å². The van der Waals surface area contributed by atoms with Gasteiger partial charge in [-0.1, -0.05) is 25.2 Å². The minimum Gasteiger partial charge on any atom is -0.397 e. The largest absolute Gasteiger partial charge is 0.397 e. The number of rotatable bonds is 5. The summed E-state index contributed by atoms with van der Waals surface area (Å²) < 4.78 is 1.85. The topological polar surface area (TPSA) is 85.8 Å². The van der Waals surface area contributed by atoms with Crippen molar-refractivity contribution in [2.75, 3.05) is 11.1 Å². The molecule has 0 atom stereocenters. The highest BCUT2D eigenvalue weighted by molar-refractivity contribution is 7.15. The summed E-state index contributed by atoms with van der Waals surface area (Å²) >= 11 is 1.41. The third kappa shape index (κ3) is 3.81. The summed E-state index contributed by atoms with van der Waals surface area (Å²) in [5.41, 5.74) is 6.89. The number of carbonyl (C=O) groups is 1. The lowest BCUT2D eigenvalue weighted by Crippen LogP contribution is -2.17. The van der Waals surface area contributed by atoms with E-state index in [9.17, 15) is 4.79 Å². The van der Waals surface area contributed by atoms with E-state index in [0.717, 1.165) is 11.4 Å². The molecule has 0 aromatic carbocycles. The molecule has 6 nitrogen and oxygen atoms in total. The van der Waals surface area contributed by atoms with E-state index < -0.39 is 0 Å². The maximum Gasteiger partial charge on any atom is 0.274 e. The molecule has 2 aromatic heterocycles. The van der Waals surface area contributed by atoms with Crippen LogP contribution in [0.2, 0.25) is 0 Å². The zero-order chi connectivity index (χ0) is 15.6. The lowest BCUT2D eigenvalue weighted by atomic mass is 10.1. The first-order valence-corrected chi connectivity index (χ1v) is 7.79. The van der Waals surface area contributed by atoms with Crippen molar-refractivity contribution in [3.63, 3.8) is 0 Å². The first-order chi connectivity index (χ1) is 9.86. The van der Waals surface area contributed by atoms with E-state index in [2.05, 4.69) is 29.4 Å². The molecule has 0 aliphatic rings. The normalized spacial score (nSPS) is 11.3. The van der Waals surface area contributed by atoms with Crippen LogP contribution in [-0.4, -0.2) is 20.7 Å². The Morgan fingerprint density at radius 1 is 1.38 bits per heavy atom. The van der Waals surface area contributed by atoms with Crippen LogP contribution in [0.1, 0.15) is 49.2 Å². The van der Waals surface area contributed by atoms with Gasteiger partial charge in [0.15, 0.2) is 0 Å². The summed E-state index contributed by atoms with van der Waals surface area (Å²) in [5.74, 6) is 0.298. The number of amides is 1. The molecular formula is C14H21N5OS. The maximum absolute atomic E-state index is 12.3. The lowest BCUT2D eigenvalue weighted by Gasteiger charge is -2.11. The molecule has 2 heterocycles. The van der Waals surface area contributed by atoms with Gasteiger partial charge in [-0.05, 0) is 25.8 Å². The van der Waals surface area contributed by atoms with Gasteiger partial charge in [0, 0.05) is 18.7 Å². The summed E-state index contributed by atoms with van der Waals surface area (Å²) in [4.78, 5) is 12.3. The minimum atomic E-state index is -0.215. The Hall–Kier alpha value is -1.89. The number of nitrogens with two attached hydrogens (primary N) is 1. The highest BCUT2D eigenvalue weighted by Crippen LogP contribution is 2.21. The lowest BCUT2D eigenvalue weighted by molar-refractivity contribution is 0.101. The molecule has 0 saturated heterocycles. The molecule has 1 amide bonds. The van der Waals surface area contributed by atoms with Gasteiger partial charge in [0.05, 0.1) is 5.69 Å². The van der Waals surface area contributed by atoms with Gasteiger partial charge in [0.25, 0.3) is 5.91 Å². The van der Waals surface area contributed by atoms with E-state index in [1.165, 1.54) is 11.3 Å². The Bertz CT molecular complexity index is 629. The second-order valence-electron chi connectivity index (χ2n) is 5.71. The number of nitrogen functional groups attached to an aromatic ring is 1. The van der Waals surface area contributed by atoms with Gasteiger partial charge in [0.1, 0.15) is 10.7 Å². The summed E-state index contributed by atoms with van der Waals surface area (Å²) in [6.45, 7) is 8.25. The molecule has 0 aliphatic carbocycles. The molecule has 7 heteroatoms. The van der Waals surface area contributed by atoms with E-state index in [1.54, 1.807) is 12.3 Å². The predicted molar refractivity (Wildman–Crippen MR) is 85.6 cm³/mol. The van der Waals surface area contributed by atoms with E-state index in [-0.39, 0.29) is 11.9 Å². The summed E-state index contributed by atoms with van der Waals surface area (Å²) in [7, 11) is 0. The number of nitrogens with zero attached hydrogens (tertiary/aromatic N) is 3. The molecule has 2 aromatic rings. The Labute approximate surface area is 128 Å². The Kier molecular flexibility index (Phi) is 4.62. The van der Waals surface area contributed by atoms with Crippen LogP contribution in [-0.2, 0) is 6.42 Å². The summed E-state index contributed by atoms with van der Waals surface area (Å²) in [5, 5.41) is 12.3. The molecule has 0 fully saturated rings. The fourth-order valence-electron chi connectivity index (χ4n) is 2.01. The van der Waals surface area contributed by atoms with Crippen molar-refractivity contribution in [2.24, 2.45) is 5.92 Å². The molecule has 0 unspecified atom stereocenters. The molecule has 0 aliphatic heterocycles. The number of hydrogen-bond acceptors (Lipinski definition) is 5. The van der Waals surface area contributed by atoms with Gasteiger partial charge in [-0.25, -0.2) is 0 Å². The molecule has 114 valence electrons. The molecule has 21 heavy (non-hydrogen) atoms. The number of nitrogens with one attached hydrogen (secondary N) is 1. The Morgan fingerprint density at radius 2 is 2.10 bits per heavy atom. The zero-order valence-electron chi connectivity index (χ0n) is 12.8. The molecule has 0 bridgehead atoms. The number of carbonyl (C=O) groups excluding carboxylic acids is 1. The molecular weight excluding hydrogens is 286 g/mol. The van der Waals surface area contributed by atoms with Crippen LogP contribution in [0.5, 0.6) is 0 Å². The van der Waals surface area contributed by atoms with Crippen LogP contribution in [0.4, 0.5) is 10.8 Å². The number of anilines is 2. The van der Waals surface area contributed by atoms with Gasteiger partial charge in [-0.2, -0.15) is 0 Å². The fraction of sp³-hybridized carbons (Fsp3) is 0.500. The van der Waals surface area contributed by atoms with Gasteiger partial charge >= 0.3 is 0 Å². The standard InChI is InChI=1S/C14H21N5OS/c1-8(2)5-12-17-18-14(21-12)16-13(20)11-6-10(15)7-19(11)9(3)4/h6-9H,5,15H2,1-4H3,(H,16,18,20). The van der Waals surface area contributed by atoms with Gasteiger partial charge in [-0.15, -0.1) is 10.2 Å². The monoisotopic (exact) mass is 307 g/mol. The van der Waals surface area contributed by atoms with E-state index in [4.69, 9.17) is 5.73 Å². The molecule has 0 radical (unpaired) electrons. The van der Waals surface area contributed by atoms with Gasteiger partial charge in [-0.3, -0.25) is 10.1 Å². The fourth-order valence-corrected chi connectivity index (χ4v) is 2.95. The molecule has 0 spiro atoms. The second-order valence-corrected chi connectivity index (χ2v) is 6.77. The van der Waals surface area contributed by atoms with E-state index in [0.29, 0.717) is 22.4 Å². The Morgan fingerprint density at radius 3 is 2.71 bits per heavy atom. The zero-order valence-corrected chi connectivity index (χ0v) is 13.6. The van der Waals surface area contributed by atoms with Crippen LogP contribution >= 0.6 is 11.3 Å². The number of hydrogen-bond donors (Lipinski definition) is 2. The quantitative estimate of drug-likeness (QED) is 0.889. The van der Waals surface area contributed by atoms with Crippen molar-refractivity contribution in [3.8, 4) is 0 Å². The minimum absolute atomic E-state index is 0.161. The summed E-state index contributed by atoms with van der Waals surface area (Å²) in [6, 6.07) is 1.83. The smallest absolute Gasteiger partial charge is 0.274 e. The highest BCUT2D eigenvalue weighted by Gasteiger charge is 2.17. The van der Waals surface area contributed by atoms with Gasteiger partial charge < -0.3 is 10.3 Å². The van der Waals surface area contributed by atoms with Crippen molar-refractivity contribution in [2.45, 2.75) is 40.2 Å². The Balaban J connectivity index is 2.13. The summed E-state index contributed by atoms with van der Waals surface area (Å²) in [6.07, 6.45) is 2.63. The molecule has 3 N–H and O–H groups in total. The van der Waals surface area contributed by atoms with Crippen LogP contribution in [0, 0.1) is 5.92 Å². The first-order valence-electron chi connectivity index (χ1n) is 6.98. The average Bonchev–Trinajstić information content (AvgIpc) is 2.95. The van der Waals surface area contributed by atoms with Crippen molar-refractivity contribution >= 4 is 28.1 Å². The molecule has 2 rings (SSSR count). The second kappa shape index (κ2) is 6.26. The maximum atomic E-state index is 12.3. The average molecular weight is 307 g/mol. The van der Waals surface area contributed by atoms with Crippen molar-refractivity contribution in [1.82, 2.24) is 14.8 Å². The third-order valence-electron chi connectivity index (χ3n) is 2.93. The van der Waals surface area contributed by atoms with Crippen molar-refractivity contribution in [1.29, 1.82) is 0 Å². The SMILES string of the molecule is CC(C)Cc1nnc(NC(=O)c2cc(N)cn2C(C)C)s1. The predicted octanol–water partition coefficient (Wildman–Crippen LogP) is 2.95. The van der Waals surface area contributed by atoms with Crippen LogP contribution in [0.15, 0.2) is 12.3 Å². The van der Waals surface area contributed by atoms with Crippen molar-refractivity contribution < 1.29 is 4.79 Å². The van der Waals surface area contributed by atoms with Gasteiger partial charge in [0.2, 0.25) is 5.13 Å². The first kappa shape index (κ1) is 15.5. The molecule has 0 saturated carbocycles. The third-order valence-corrected chi connectivity index (χ3v) is 3.79. The van der Waals surface area contributed by atoms with Crippen LogP contribution in [0.25, 0.3) is 0 Å². The van der Waals surface area contributed by atoms with Crippen molar-refractivity contribution in [3.05, 3.63) is 23.0 Å². The highest BCUT2D eigenvalue weighted by atomic mass is 32.1. The van der Waals surface area contributed by atoms with Crippen LogP contribution in [0.3, 0.4) is 0 Å². The van der Waals surface area contributed by atoms with E-state index in [1.807, 2.05) is 18.4 Å². The van der Waals surface area contributed by atoms with Crippen LogP contribution < -0.4 is 11.1 Å².